The minimum Gasteiger partial charge on any atom is -0.497 e. The van der Waals surface area contributed by atoms with Crippen LogP contribution in [0, 0.1) is 5.92 Å². The van der Waals surface area contributed by atoms with Crippen molar-refractivity contribution in [2.24, 2.45) is 5.92 Å². The Labute approximate surface area is 283 Å². The molecule has 1 fully saturated rings. The zero-order valence-electron chi connectivity index (χ0n) is 28.5. The maximum Gasteiger partial charge on any atom is 0.178 e. The van der Waals surface area contributed by atoms with Crippen LogP contribution in [-0.2, 0) is 12.0 Å². The number of ether oxygens (including phenoxy) is 4. The first kappa shape index (κ1) is 30.4. The number of fused-ring (bicyclic) bond motifs is 10. The van der Waals surface area contributed by atoms with Crippen molar-refractivity contribution in [2.45, 2.75) is 43.6 Å². The molecule has 1 aliphatic heterocycles. The van der Waals surface area contributed by atoms with Gasteiger partial charge in [-0.1, -0.05) is 49.2 Å². The van der Waals surface area contributed by atoms with Crippen LogP contribution in [0.2, 0.25) is 0 Å². The van der Waals surface area contributed by atoms with Crippen molar-refractivity contribution in [3.05, 3.63) is 119 Å². The average Bonchev–Trinajstić information content (AvgIpc) is 3.28. The first-order valence-electron chi connectivity index (χ1n) is 17.1. The largest absolute Gasteiger partial charge is 0.497 e. The first-order chi connectivity index (χ1) is 23.4. The Morgan fingerprint density at radius 2 is 1.35 bits per heavy atom. The minimum atomic E-state index is -0.851. The summed E-state index contributed by atoms with van der Waals surface area (Å²) in [4.78, 5) is 2.12. The number of hydrogen-bond acceptors (Lipinski definition) is 5. The molecule has 0 aromatic heterocycles. The predicted molar refractivity (Wildman–Crippen MR) is 195 cm³/mol. The molecule has 0 spiro atoms. The van der Waals surface area contributed by atoms with Crippen molar-refractivity contribution in [2.75, 3.05) is 40.3 Å². The Morgan fingerprint density at radius 3 is 2.06 bits per heavy atom. The molecule has 0 bridgehead atoms. The van der Waals surface area contributed by atoms with Crippen molar-refractivity contribution >= 4 is 22.5 Å². The monoisotopic (exact) mass is 637 g/mol. The van der Waals surface area contributed by atoms with Gasteiger partial charge in [0.25, 0.3) is 0 Å². The summed E-state index contributed by atoms with van der Waals surface area (Å²) in [5.41, 5.74) is 9.03. The van der Waals surface area contributed by atoms with E-state index in [0.29, 0.717) is 11.8 Å². The number of hydrogen-bond donors (Lipinski definition) is 0. The van der Waals surface area contributed by atoms with Crippen LogP contribution in [0.5, 0.6) is 23.0 Å². The SMILES string of the molecule is COc1ccc(C2(c3ccc(N(C)C)cc3)C=Cc3c4c(c5ccc(OC)cc5c3O2)-c2ccc(OC)cc2CC2CCCCC42)cc1. The van der Waals surface area contributed by atoms with Crippen LogP contribution < -0.4 is 23.8 Å². The van der Waals surface area contributed by atoms with Gasteiger partial charge in [-0.2, -0.15) is 0 Å². The smallest absolute Gasteiger partial charge is 0.178 e. The average molecular weight is 638 g/mol. The summed E-state index contributed by atoms with van der Waals surface area (Å²) in [7, 11) is 9.34. The Kier molecular flexibility index (Phi) is 7.59. The molecular weight excluding hydrogens is 594 g/mol. The normalized spacial score (nSPS) is 20.8. The van der Waals surface area contributed by atoms with Crippen molar-refractivity contribution in [3.63, 3.8) is 0 Å². The van der Waals surface area contributed by atoms with Gasteiger partial charge in [0, 0.05) is 41.9 Å². The topological polar surface area (TPSA) is 40.2 Å². The third-order valence-electron chi connectivity index (χ3n) is 11.0. The van der Waals surface area contributed by atoms with Crippen LogP contribution in [0.4, 0.5) is 5.69 Å². The highest BCUT2D eigenvalue weighted by atomic mass is 16.5. The van der Waals surface area contributed by atoms with Crippen LogP contribution in [0.15, 0.2) is 91.0 Å². The Morgan fingerprint density at radius 1 is 0.708 bits per heavy atom. The van der Waals surface area contributed by atoms with Crippen LogP contribution >= 0.6 is 0 Å². The van der Waals surface area contributed by atoms with Gasteiger partial charge in [-0.3, -0.25) is 0 Å². The fourth-order valence-corrected chi connectivity index (χ4v) is 8.50. The van der Waals surface area contributed by atoms with E-state index >= 15 is 0 Å². The van der Waals surface area contributed by atoms with E-state index in [1.807, 2.05) is 12.1 Å². The summed E-state index contributed by atoms with van der Waals surface area (Å²) >= 11 is 0. The number of anilines is 1. The maximum absolute atomic E-state index is 7.57. The molecule has 8 rings (SSSR count). The first-order valence-corrected chi connectivity index (χ1v) is 17.1. The fourth-order valence-electron chi connectivity index (χ4n) is 8.50. The van der Waals surface area contributed by atoms with Gasteiger partial charge < -0.3 is 23.8 Å². The van der Waals surface area contributed by atoms with Gasteiger partial charge in [0.15, 0.2) is 5.60 Å². The lowest BCUT2D eigenvalue weighted by molar-refractivity contribution is 0.163. The molecule has 5 nitrogen and oxygen atoms in total. The number of nitrogens with zero attached hydrogens (tertiary/aromatic N) is 1. The molecule has 2 aliphatic carbocycles. The summed E-state index contributed by atoms with van der Waals surface area (Å²) in [6.07, 6.45) is 10.6. The maximum atomic E-state index is 7.57. The van der Waals surface area contributed by atoms with E-state index in [4.69, 9.17) is 18.9 Å². The zero-order chi connectivity index (χ0) is 33.0. The lowest BCUT2D eigenvalue weighted by Gasteiger charge is -2.39. The molecular formula is C43H43NO4. The van der Waals surface area contributed by atoms with Gasteiger partial charge in [-0.15, -0.1) is 0 Å². The third kappa shape index (κ3) is 4.82. The van der Waals surface area contributed by atoms with Crippen molar-refractivity contribution in [3.8, 4) is 34.1 Å². The molecule has 1 heterocycles. The van der Waals surface area contributed by atoms with E-state index in [9.17, 15) is 0 Å². The molecule has 5 aromatic carbocycles. The molecule has 0 radical (unpaired) electrons. The molecule has 3 aliphatic rings. The van der Waals surface area contributed by atoms with E-state index in [1.165, 1.54) is 58.9 Å². The number of benzene rings is 5. The summed E-state index contributed by atoms with van der Waals surface area (Å²) in [5.74, 6) is 4.46. The highest BCUT2D eigenvalue weighted by Gasteiger charge is 2.42. The van der Waals surface area contributed by atoms with Gasteiger partial charge in [0.05, 0.1) is 21.3 Å². The fraction of sp³-hybridized carbons (Fsp3) is 0.302. The van der Waals surface area contributed by atoms with E-state index in [2.05, 4.69) is 104 Å². The molecule has 244 valence electrons. The second kappa shape index (κ2) is 12.0. The molecule has 48 heavy (non-hydrogen) atoms. The van der Waals surface area contributed by atoms with Crippen molar-refractivity contribution < 1.29 is 18.9 Å². The lowest BCUT2D eigenvalue weighted by atomic mass is 9.71. The highest BCUT2D eigenvalue weighted by molar-refractivity contribution is 6.06. The predicted octanol–water partition coefficient (Wildman–Crippen LogP) is 9.78. The second-order valence-corrected chi connectivity index (χ2v) is 13.7. The quantitative estimate of drug-likeness (QED) is 0.185. The van der Waals surface area contributed by atoms with E-state index in [1.54, 1.807) is 21.3 Å². The minimum absolute atomic E-state index is 0.438. The van der Waals surface area contributed by atoms with Gasteiger partial charge in [-0.25, -0.2) is 0 Å². The van der Waals surface area contributed by atoms with Gasteiger partial charge in [-0.05, 0) is 119 Å². The summed E-state index contributed by atoms with van der Waals surface area (Å²) in [6, 6.07) is 30.2. The van der Waals surface area contributed by atoms with Crippen molar-refractivity contribution in [1.82, 2.24) is 0 Å². The van der Waals surface area contributed by atoms with E-state index in [0.717, 1.165) is 51.6 Å². The molecule has 3 atom stereocenters. The third-order valence-corrected chi connectivity index (χ3v) is 11.0. The van der Waals surface area contributed by atoms with Crippen LogP contribution in [0.1, 0.15) is 59.4 Å². The standard InChI is InChI=1S/C43H43NO4/c1-44(2)31-14-10-29(11-15-31)43(30-12-16-32(45-3)17-13-30)23-22-38-41-35-9-7-6-8-27(35)24-28-25-33(46-4)18-20-36(28)40(41)37-21-19-34(47-5)26-39(37)42(38)48-43/h10-23,25-27,35H,6-9,24H2,1-5H3. The Hall–Kier alpha value is -4.90. The Balaban J connectivity index is 1.43. The van der Waals surface area contributed by atoms with E-state index in [-0.39, 0.29) is 0 Å². The van der Waals surface area contributed by atoms with Crippen LogP contribution in [-0.4, -0.2) is 35.4 Å². The second-order valence-electron chi connectivity index (χ2n) is 13.7. The van der Waals surface area contributed by atoms with E-state index < -0.39 is 5.60 Å². The molecule has 0 amide bonds. The zero-order valence-corrected chi connectivity index (χ0v) is 28.5. The molecule has 1 saturated carbocycles. The molecule has 5 aromatic rings. The Bertz CT molecular complexity index is 2030. The summed E-state index contributed by atoms with van der Waals surface area (Å²) in [6.45, 7) is 0. The summed E-state index contributed by atoms with van der Waals surface area (Å²) < 4.78 is 24.7. The van der Waals surface area contributed by atoms with Gasteiger partial charge in [0.2, 0.25) is 0 Å². The molecule has 5 heteroatoms. The van der Waals surface area contributed by atoms with Crippen LogP contribution in [0.3, 0.4) is 0 Å². The number of rotatable bonds is 6. The molecule has 3 unspecified atom stereocenters. The lowest BCUT2D eigenvalue weighted by Crippen LogP contribution is -2.35. The molecule has 0 N–H and O–H groups in total. The van der Waals surface area contributed by atoms with Gasteiger partial charge in [0.1, 0.15) is 23.0 Å². The van der Waals surface area contributed by atoms with Crippen LogP contribution in [0.25, 0.3) is 28.0 Å². The molecule has 0 saturated heterocycles. The highest BCUT2D eigenvalue weighted by Crippen LogP contribution is 2.57. The van der Waals surface area contributed by atoms with Gasteiger partial charge >= 0.3 is 0 Å². The summed E-state index contributed by atoms with van der Waals surface area (Å²) in [5, 5.41) is 2.26. The number of methoxy groups -OCH3 is 3. The van der Waals surface area contributed by atoms with Crippen molar-refractivity contribution in [1.29, 1.82) is 0 Å².